The molecule has 0 aromatic heterocycles. The first-order valence-corrected chi connectivity index (χ1v) is 6.58. The highest BCUT2D eigenvalue weighted by Gasteiger charge is 2.09. The second-order valence-electron chi connectivity index (χ2n) is 4.04. The topological polar surface area (TPSA) is 38.3 Å². The van der Waals surface area contributed by atoms with Gasteiger partial charge in [0.1, 0.15) is 11.6 Å². The van der Waals surface area contributed by atoms with Crippen LogP contribution in [-0.2, 0) is 4.79 Å². The van der Waals surface area contributed by atoms with E-state index in [4.69, 9.17) is 4.74 Å². The highest BCUT2D eigenvalue weighted by atomic mass is 79.9. The maximum atomic E-state index is 13.5. The fourth-order valence-electron chi connectivity index (χ4n) is 1.49. The Morgan fingerprint density at radius 1 is 1.05 bits per heavy atom. The highest BCUT2D eigenvalue weighted by molar-refractivity contribution is 9.10. The van der Waals surface area contributed by atoms with Gasteiger partial charge in [0.25, 0.3) is 5.91 Å². The van der Waals surface area contributed by atoms with Crippen molar-refractivity contribution in [1.82, 2.24) is 0 Å². The lowest BCUT2D eigenvalue weighted by Crippen LogP contribution is -2.20. The van der Waals surface area contributed by atoms with Gasteiger partial charge in [-0.2, -0.15) is 0 Å². The normalized spacial score (nSPS) is 10.3. The number of hydrogen-bond donors (Lipinski definition) is 1. The molecule has 110 valence electrons. The first-order valence-electron chi connectivity index (χ1n) is 5.78. The predicted octanol–water partition coefficient (Wildman–Crippen LogP) is 3.88. The number of anilines is 1. The average Bonchev–Trinajstić information content (AvgIpc) is 2.43. The van der Waals surface area contributed by atoms with E-state index in [9.17, 15) is 18.0 Å². The van der Waals surface area contributed by atoms with Crippen LogP contribution in [0.4, 0.5) is 18.9 Å². The van der Waals surface area contributed by atoms with Crippen LogP contribution in [0.15, 0.2) is 40.9 Å². The van der Waals surface area contributed by atoms with Crippen molar-refractivity contribution in [3.8, 4) is 5.75 Å². The molecule has 0 unspecified atom stereocenters. The summed E-state index contributed by atoms with van der Waals surface area (Å²) in [6.07, 6.45) is 0. The van der Waals surface area contributed by atoms with Gasteiger partial charge in [0.05, 0.1) is 5.69 Å². The zero-order valence-corrected chi connectivity index (χ0v) is 12.1. The number of halogens is 4. The SMILES string of the molecule is O=C(COc1ccc(F)c(F)c1)Nc1ccc(Br)cc1F. The summed E-state index contributed by atoms with van der Waals surface area (Å²) in [6, 6.07) is 7.04. The highest BCUT2D eigenvalue weighted by Crippen LogP contribution is 2.19. The van der Waals surface area contributed by atoms with Gasteiger partial charge in [0.15, 0.2) is 18.2 Å². The zero-order valence-electron chi connectivity index (χ0n) is 10.5. The third kappa shape index (κ3) is 4.22. The van der Waals surface area contributed by atoms with Crippen molar-refractivity contribution in [2.45, 2.75) is 0 Å². The van der Waals surface area contributed by atoms with E-state index in [0.717, 1.165) is 12.1 Å². The Morgan fingerprint density at radius 2 is 1.81 bits per heavy atom. The lowest BCUT2D eigenvalue weighted by Gasteiger charge is -2.08. The molecular weight excluding hydrogens is 351 g/mol. The van der Waals surface area contributed by atoms with Crippen LogP contribution >= 0.6 is 15.9 Å². The average molecular weight is 360 g/mol. The Labute approximate surface area is 126 Å². The fourth-order valence-corrected chi connectivity index (χ4v) is 1.83. The van der Waals surface area contributed by atoms with E-state index in [2.05, 4.69) is 21.2 Å². The van der Waals surface area contributed by atoms with E-state index in [1.807, 2.05) is 0 Å². The molecule has 0 aliphatic rings. The summed E-state index contributed by atoms with van der Waals surface area (Å²) in [5, 5.41) is 2.31. The molecule has 0 fully saturated rings. The predicted molar refractivity (Wildman–Crippen MR) is 74.6 cm³/mol. The van der Waals surface area contributed by atoms with Crippen molar-refractivity contribution in [3.63, 3.8) is 0 Å². The van der Waals surface area contributed by atoms with E-state index >= 15 is 0 Å². The van der Waals surface area contributed by atoms with Crippen LogP contribution in [0.25, 0.3) is 0 Å². The van der Waals surface area contributed by atoms with Crippen LogP contribution < -0.4 is 10.1 Å². The summed E-state index contributed by atoms with van der Waals surface area (Å²) in [4.78, 5) is 11.6. The molecule has 2 rings (SSSR count). The maximum absolute atomic E-state index is 13.5. The van der Waals surface area contributed by atoms with Crippen molar-refractivity contribution in [2.75, 3.05) is 11.9 Å². The Bertz CT molecular complexity index is 679. The molecule has 1 N–H and O–H groups in total. The van der Waals surface area contributed by atoms with E-state index in [1.54, 1.807) is 6.07 Å². The van der Waals surface area contributed by atoms with Crippen molar-refractivity contribution < 1.29 is 22.7 Å². The second-order valence-corrected chi connectivity index (χ2v) is 4.95. The van der Waals surface area contributed by atoms with Crippen LogP contribution in [0.3, 0.4) is 0 Å². The molecule has 0 radical (unpaired) electrons. The maximum Gasteiger partial charge on any atom is 0.262 e. The van der Waals surface area contributed by atoms with Gasteiger partial charge >= 0.3 is 0 Å². The van der Waals surface area contributed by atoms with Gasteiger partial charge in [-0.3, -0.25) is 4.79 Å². The van der Waals surface area contributed by atoms with Crippen molar-refractivity contribution in [3.05, 3.63) is 58.3 Å². The largest absolute Gasteiger partial charge is 0.484 e. The molecule has 0 aliphatic heterocycles. The van der Waals surface area contributed by atoms with Crippen LogP contribution in [0, 0.1) is 17.5 Å². The van der Waals surface area contributed by atoms with Crippen molar-refractivity contribution in [1.29, 1.82) is 0 Å². The number of nitrogens with one attached hydrogen (secondary N) is 1. The minimum Gasteiger partial charge on any atom is -0.484 e. The molecule has 0 atom stereocenters. The van der Waals surface area contributed by atoms with Crippen molar-refractivity contribution >= 4 is 27.5 Å². The summed E-state index contributed by atoms with van der Waals surface area (Å²) in [7, 11) is 0. The molecule has 0 aliphatic carbocycles. The third-order valence-corrected chi connectivity index (χ3v) is 2.96. The lowest BCUT2D eigenvalue weighted by molar-refractivity contribution is -0.118. The Kier molecular flexibility index (Phi) is 4.85. The Morgan fingerprint density at radius 3 is 2.48 bits per heavy atom. The smallest absolute Gasteiger partial charge is 0.262 e. The zero-order chi connectivity index (χ0) is 15.4. The van der Waals surface area contributed by atoms with E-state index < -0.39 is 30.0 Å². The molecule has 1 amide bonds. The third-order valence-electron chi connectivity index (χ3n) is 2.47. The first-order chi connectivity index (χ1) is 9.95. The molecule has 3 nitrogen and oxygen atoms in total. The van der Waals surface area contributed by atoms with Crippen LogP contribution in [0.2, 0.25) is 0 Å². The number of hydrogen-bond acceptors (Lipinski definition) is 2. The summed E-state index contributed by atoms with van der Waals surface area (Å²) in [6.45, 7) is -0.458. The van der Waals surface area contributed by atoms with Crippen LogP contribution in [0.5, 0.6) is 5.75 Å². The first kappa shape index (κ1) is 15.4. The quantitative estimate of drug-likeness (QED) is 0.899. The molecule has 2 aromatic carbocycles. The van der Waals surface area contributed by atoms with Crippen molar-refractivity contribution in [2.24, 2.45) is 0 Å². The van der Waals surface area contributed by atoms with Gasteiger partial charge in [-0.25, -0.2) is 13.2 Å². The standard InChI is InChI=1S/C14H9BrF3NO2/c15-8-1-4-13(12(18)5-8)19-14(20)7-21-9-2-3-10(16)11(17)6-9/h1-6H,7H2,(H,19,20). The summed E-state index contributed by atoms with van der Waals surface area (Å²) in [5.74, 6) is -3.32. The molecule has 2 aromatic rings. The molecule has 0 bridgehead atoms. The number of carbonyl (C=O) groups excluding carboxylic acids is 1. The van der Waals surface area contributed by atoms with Gasteiger partial charge in [-0.1, -0.05) is 15.9 Å². The number of carbonyl (C=O) groups is 1. The van der Waals surface area contributed by atoms with Gasteiger partial charge in [-0.15, -0.1) is 0 Å². The molecule has 0 saturated heterocycles. The minimum atomic E-state index is -1.08. The van der Waals surface area contributed by atoms with Gasteiger partial charge in [0, 0.05) is 10.5 Å². The Balaban J connectivity index is 1.94. The van der Waals surface area contributed by atoms with Gasteiger partial charge < -0.3 is 10.1 Å². The monoisotopic (exact) mass is 359 g/mol. The van der Waals surface area contributed by atoms with E-state index in [0.29, 0.717) is 4.47 Å². The number of amides is 1. The molecular formula is C14H9BrF3NO2. The minimum absolute atomic E-state index is 0.000304. The molecule has 0 saturated carbocycles. The summed E-state index contributed by atoms with van der Waals surface area (Å²) < 4.78 is 44.7. The summed E-state index contributed by atoms with van der Waals surface area (Å²) >= 11 is 3.09. The van der Waals surface area contributed by atoms with Crippen LogP contribution in [0.1, 0.15) is 0 Å². The Hall–Kier alpha value is -2.02. The number of ether oxygens (including phenoxy) is 1. The summed E-state index contributed by atoms with van der Waals surface area (Å²) in [5.41, 5.74) is -0.00270. The van der Waals surface area contributed by atoms with E-state index in [-0.39, 0.29) is 11.4 Å². The van der Waals surface area contributed by atoms with E-state index in [1.165, 1.54) is 18.2 Å². The fraction of sp³-hybridized carbons (Fsp3) is 0.0714. The molecule has 21 heavy (non-hydrogen) atoms. The second kappa shape index (κ2) is 6.62. The molecule has 7 heteroatoms. The molecule has 0 spiro atoms. The number of benzene rings is 2. The van der Waals surface area contributed by atoms with Gasteiger partial charge in [0.2, 0.25) is 0 Å². The van der Waals surface area contributed by atoms with Gasteiger partial charge in [-0.05, 0) is 30.3 Å². The van der Waals surface area contributed by atoms with Crippen LogP contribution in [-0.4, -0.2) is 12.5 Å². The lowest BCUT2D eigenvalue weighted by atomic mass is 10.3. The number of rotatable bonds is 4. The molecule has 0 heterocycles.